The number of fused-ring (bicyclic) bond motifs is 3. The molecular formula is C49H34O. The van der Waals surface area contributed by atoms with Gasteiger partial charge in [0.2, 0.25) is 0 Å². The van der Waals surface area contributed by atoms with Gasteiger partial charge in [0.1, 0.15) is 5.75 Å². The summed E-state index contributed by atoms with van der Waals surface area (Å²) in [5.74, 6) is 0.297. The molecule has 0 aromatic heterocycles. The van der Waals surface area contributed by atoms with Crippen LogP contribution >= 0.6 is 0 Å². The molecule has 0 heterocycles. The van der Waals surface area contributed by atoms with Gasteiger partial charge < -0.3 is 5.11 Å². The lowest BCUT2D eigenvalue weighted by Crippen LogP contribution is -1.91. The lowest BCUT2D eigenvalue weighted by Gasteiger charge is -2.18. The van der Waals surface area contributed by atoms with Crippen molar-refractivity contribution >= 4 is 32.3 Å². The molecule has 1 heteroatoms. The normalized spacial score (nSPS) is 11.4. The van der Waals surface area contributed by atoms with Crippen LogP contribution in [-0.2, 0) is 0 Å². The summed E-state index contributed by atoms with van der Waals surface area (Å²) in [4.78, 5) is 0. The van der Waals surface area contributed by atoms with Gasteiger partial charge in [-0.25, -0.2) is 0 Å². The molecule has 9 rings (SSSR count). The van der Waals surface area contributed by atoms with Crippen LogP contribution in [0.3, 0.4) is 0 Å². The Morgan fingerprint density at radius 1 is 0.320 bits per heavy atom. The zero-order valence-electron chi connectivity index (χ0n) is 27.8. The molecule has 0 aliphatic rings. The van der Waals surface area contributed by atoms with Crippen molar-refractivity contribution in [3.63, 3.8) is 0 Å². The molecule has 50 heavy (non-hydrogen) atoms. The van der Waals surface area contributed by atoms with E-state index in [1.165, 1.54) is 65.7 Å². The molecule has 0 atom stereocenters. The van der Waals surface area contributed by atoms with E-state index in [0.29, 0.717) is 5.75 Å². The summed E-state index contributed by atoms with van der Waals surface area (Å²) in [6.45, 7) is 2.09. The highest BCUT2D eigenvalue weighted by Gasteiger charge is 2.17. The van der Waals surface area contributed by atoms with E-state index < -0.39 is 0 Å². The number of para-hydroxylation sites is 1. The second-order valence-electron chi connectivity index (χ2n) is 13.1. The van der Waals surface area contributed by atoms with Crippen molar-refractivity contribution in [3.05, 3.63) is 188 Å². The van der Waals surface area contributed by atoms with Gasteiger partial charge in [-0.3, -0.25) is 0 Å². The van der Waals surface area contributed by atoms with E-state index >= 15 is 0 Å². The first-order chi connectivity index (χ1) is 24.6. The van der Waals surface area contributed by atoms with E-state index in [2.05, 4.69) is 165 Å². The van der Waals surface area contributed by atoms with E-state index in [0.717, 1.165) is 27.8 Å². The van der Waals surface area contributed by atoms with Crippen LogP contribution in [0.4, 0.5) is 0 Å². The fourth-order valence-corrected chi connectivity index (χ4v) is 7.69. The number of rotatable bonds is 5. The molecule has 0 bridgehead atoms. The van der Waals surface area contributed by atoms with Crippen LogP contribution in [-0.4, -0.2) is 5.11 Å². The Hall–Kier alpha value is -6.44. The number of phenolic OH excluding ortho intramolecular Hbond substituents is 1. The number of hydrogen-bond acceptors (Lipinski definition) is 1. The van der Waals surface area contributed by atoms with Gasteiger partial charge in [-0.1, -0.05) is 164 Å². The highest BCUT2D eigenvalue weighted by Crippen LogP contribution is 2.45. The van der Waals surface area contributed by atoms with Crippen LogP contribution in [0.1, 0.15) is 5.56 Å². The zero-order chi connectivity index (χ0) is 33.6. The first-order valence-corrected chi connectivity index (χ1v) is 17.2. The molecule has 1 N–H and O–H groups in total. The summed E-state index contributed by atoms with van der Waals surface area (Å²) in [7, 11) is 0. The molecule has 0 aliphatic heterocycles. The number of phenols is 1. The predicted molar refractivity (Wildman–Crippen MR) is 213 cm³/mol. The second kappa shape index (κ2) is 12.2. The van der Waals surface area contributed by atoms with Crippen molar-refractivity contribution in [1.82, 2.24) is 0 Å². The molecule has 1 nitrogen and oxygen atoms in total. The molecule has 0 radical (unpaired) electrons. The van der Waals surface area contributed by atoms with Crippen molar-refractivity contribution in [3.8, 4) is 61.4 Å². The fourth-order valence-electron chi connectivity index (χ4n) is 7.69. The van der Waals surface area contributed by atoms with Gasteiger partial charge in [-0.15, -0.1) is 0 Å². The van der Waals surface area contributed by atoms with Crippen molar-refractivity contribution < 1.29 is 5.11 Å². The van der Waals surface area contributed by atoms with Crippen molar-refractivity contribution in [2.45, 2.75) is 6.92 Å². The van der Waals surface area contributed by atoms with Crippen molar-refractivity contribution in [2.75, 3.05) is 0 Å². The fraction of sp³-hybridized carbons (Fsp3) is 0.0204. The average Bonchev–Trinajstić information content (AvgIpc) is 3.17. The van der Waals surface area contributed by atoms with Crippen molar-refractivity contribution in [2.24, 2.45) is 0 Å². The molecule has 0 unspecified atom stereocenters. The van der Waals surface area contributed by atoms with Crippen LogP contribution in [0.25, 0.3) is 88.0 Å². The maximum atomic E-state index is 10.6. The Labute approximate surface area is 292 Å². The number of hydrogen-bond donors (Lipinski definition) is 1. The maximum absolute atomic E-state index is 10.6. The average molecular weight is 639 g/mol. The number of aryl methyl sites for hydroxylation is 1. The molecule has 236 valence electrons. The highest BCUT2D eigenvalue weighted by molar-refractivity contribution is 6.21. The van der Waals surface area contributed by atoms with Crippen LogP contribution in [0.2, 0.25) is 0 Å². The Morgan fingerprint density at radius 2 is 0.820 bits per heavy atom. The predicted octanol–water partition coefficient (Wildman–Crippen LogP) is 13.5. The lowest BCUT2D eigenvalue weighted by atomic mass is 9.85. The smallest absolute Gasteiger partial charge is 0.123 e. The van der Waals surface area contributed by atoms with E-state index in [4.69, 9.17) is 0 Å². The van der Waals surface area contributed by atoms with Gasteiger partial charge in [0.15, 0.2) is 0 Å². The van der Waals surface area contributed by atoms with Gasteiger partial charge >= 0.3 is 0 Å². The maximum Gasteiger partial charge on any atom is 0.123 e. The summed E-state index contributed by atoms with van der Waals surface area (Å²) >= 11 is 0. The van der Waals surface area contributed by atoms with E-state index in [1.54, 1.807) is 6.07 Å². The molecule has 9 aromatic rings. The zero-order valence-corrected chi connectivity index (χ0v) is 27.8. The molecule has 0 saturated heterocycles. The van der Waals surface area contributed by atoms with Crippen LogP contribution in [0, 0.1) is 6.92 Å². The molecule has 0 amide bonds. The largest absolute Gasteiger partial charge is 0.507 e. The summed E-state index contributed by atoms with van der Waals surface area (Å²) in [5, 5.41) is 18.1. The first-order valence-electron chi connectivity index (χ1n) is 17.2. The third kappa shape index (κ3) is 5.03. The lowest BCUT2D eigenvalue weighted by molar-refractivity contribution is 0.477. The molecule has 9 aromatic carbocycles. The van der Waals surface area contributed by atoms with Crippen LogP contribution in [0.15, 0.2) is 182 Å². The molecule has 0 saturated carbocycles. The first kappa shape index (κ1) is 29.7. The Morgan fingerprint density at radius 3 is 1.52 bits per heavy atom. The summed E-state index contributed by atoms with van der Waals surface area (Å²) in [6, 6.07) is 64.9. The van der Waals surface area contributed by atoms with Crippen LogP contribution < -0.4 is 0 Å². The van der Waals surface area contributed by atoms with Gasteiger partial charge in [-0.05, 0) is 113 Å². The summed E-state index contributed by atoms with van der Waals surface area (Å²) < 4.78 is 0. The minimum absolute atomic E-state index is 0.297. The standard InChI is InChI=1S/C49H34O/c1-32-24-25-36(31-46(32)41-17-8-9-23-47(41)50)33-26-28-35(29-27-33)48-42-18-4-6-20-44(42)49(45-21-7-5-19-43(45)48)38-15-10-14-37(30-38)40-22-11-13-34-12-2-3-16-39(34)40/h2-31,50H,1H3. The third-order valence-electron chi connectivity index (χ3n) is 10.1. The van der Waals surface area contributed by atoms with Gasteiger partial charge in [-0.2, -0.15) is 0 Å². The number of benzene rings is 9. The summed E-state index contributed by atoms with van der Waals surface area (Å²) in [5.41, 5.74) is 12.7. The SMILES string of the molecule is Cc1ccc(-c2ccc(-c3c4ccccc4c(-c4cccc(-c5cccc6ccccc56)c4)c4ccccc34)cc2)cc1-c1ccccc1O. The topological polar surface area (TPSA) is 20.2 Å². The monoisotopic (exact) mass is 638 g/mol. The molecule has 0 spiro atoms. The van der Waals surface area contributed by atoms with E-state index in [9.17, 15) is 5.11 Å². The molecule has 0 aliphatic carbocycles. The van der Waals surface area contributed by atoms with Gasteiger partial charge in [0.25, 0.3) is 0 Å². The minimum atomic E-state index is 0.297. The van der Waals surface area contributed by atoms with Crippen molar-refractivity contribution in [1.29, 1.82) is 0 Å². The van der Waals surface area contributed by atoms with Crippen LogP contribution in [0.5, 0.6) is 5.75 Å². The third-order valence-corrected chi connectivity index (χ3v) is 10.1. The van der Waals surface area contributed by atoms with E-state index in [-0.39, 0.29) is 0 Å². The highest BCUT2D eigenvalue weighted by atomic mass is 16.3. The quantitative estimate of drug-likeness (QED) is 0.186. The van der Waals surface area contributed by atoms with Gasteiger partial charge in [0, 0.05) is 5.56 Å². The minimum Gasteiger partial charge on any atom is -0.507 e. The Balaban J connectivity index is 1.19. The van der Waals surface area contributed by atoms with E-state index in [1.807, 2.05) is 18.2 Å². The molecular weight excluding hydrogens is 605 g/mol. The molecule has 0 fully saturated rings. The number of aromatic hydroxyl groups is 1. The summed E-state index contributed by atoms with van der Waals surface area (Å²) in [6.07, 6.45) is 0. The Kier molecular flexibility index (Phi) is 7.25. The van der Waals surface area contributed by atoms with Gasteiger partial charge in [0.05, 0.1) is 0 Å². The Bertz CT molecular complexity index is 2650. The second-order valence-corrected chi connectivity index (χ2v) is 13.1.